The second-order valence-corrected chi connectivity index (χ2v) is 7.01. The van der Waals surface area contributed by atoms with Crippen molar-refractivity contribution in [3.05, 3.63) is 30.1 Å². The van der Waals surface area contributed by atoms with E-state index in [4.69, 9.17) is 0 Å². The Balaban J connectivity index is 1.29. The van der Waals surface area contributed by atoms with E-state index in [2.05, 4.69) is 4.90 Å². The number of carbonyl (C=O) groups is 1. The summed E-state index contributed by atoms with van der Waals surface area (Å²) in [6.45, 7) is 4.47. The third-order valence-electron chi connectivity index (χ3n) is 5.72. The second-order valence-electron chi connectivity index (χ2n) is 7.01. The Hall–Kier alpha value is -1.62. The van der Waals surface area contributed by atoms with Crippen molar-refractivity contribution in [2.24, 2.45) is 5.92 Å². The topological polar surface area (TPSA) is 26.8 Å². The van der Waals surface area contributed by atoms with Gasteiger partial charge in [0.25, 0.3) is 0 Å². The minimum atomic E-state index is -0.180. The normalized spacial score (nSPS) is 27.7. The van der Waals surface area contributed by atoms with Gasteiger partial charge in [-0.1, -0.05) is 18.6 Å². The van der Waals surface area contributed by atoms with Crippen LogP contribution in [-0.2, 0) is 4.79 Å². The summed E-state index contributed by atoms with van der Waals surface area (Å²) in [4.78, 5) is 18.8. The van der Waals surface area contributed by atoms with E-state index < -0.39 is 0 Å². The van der Waals surface area contributed by atoms with Crippen molar-refractivity contribution in [3.8, 4) is 0 Å². The quantitative estimate of drug-likeness (QED) is 0.853. The van der Waals surface area contributed by atoms with Gasteiger partial charge in [0.05, 0.1) is 12.2 Å². The molecule has 5 heteroatoms. The lowest BCUT2D eigenvalue weighted by Gasteiger charge is -2.45. The van der Waals surface area contributed by atoms with Crippen molar-refractivity contribution in [2.45, 2.75) is 25.3 Å². The highest BCUT2D eigenvalue weighted by atomic mass is 19.1. The number of amides is 1. The molecule has 2 heterocycles. The predicted octanol–water partition coefficient (Wildman–Crippen LogP) is 1.96. The Kier molecular flexibility index (Phi) is 3.97. The first-order chi connectivity index (χ1) is 11.2. The molecule has 4 nitrogen and oxygen atoms in total. The average molecular weight is 317 g/mol. The van der Waals surface area contributed by atoms with E-state index in [0.29, 0.717) is 44.5 Å². The standard InChI is InChI=1S/C18H24FN3O/c19-15-5-1-2-6-17(15)20-8-10-21(11-9-20)18(23)13-22-12-14-4-3-7-16(14)22/h1-2,5-6,14,16H,3-4,7-13H2. The number of anilines is 1. The molecule has 2 aliphatic heterocycles. The van der Waals surface area contributed by atoms with E-state index >= 15 is 0 Å². The number of piperazine rings is 1. The molecule has 3 aliphatic rings. The average Bonchev–Trinajstić information content (AvgIpc) is 2.94. The number of benzene rings is 1. The van der Waals surface area contributed by atoms with Crippen LogP contribution in [0.4, 0.5) is 10.1 Å². The number of rotatable bonds is 3. The van der Waals surface area contributed by atoms with Gasteiger partial charge in [-0.25, -0.2) is 4.39 Å². The minimum Gasteiger partial charge on any atom is -0.366 e. The van der Waals surface area contributed by atoms with E-state index in [1.54, 1.807) is 6.07 Å². The fourth-order valence-corrected chi connectivity index (χ4v) is 4.37. The molecule has 4 rings (SSSR count). The van der Waals surface area contributed by atoms with E-state index in [1.165, 1.54) is 25.3 Å². The van der Waals surface area contributed by atoms with Gasteiger partial charge in [-0.05, 0) is 30.9 Å². The van der Waals surface area contributed by atoms with Gasteiger partial charge in [0.1, 0.15) is 5.82 Å². The van der Waals surface area contributed by atoms with E-state index in [9.17, 15) is 9.18 Å². The Morgan fingerprint density at radius 3 is 2.65 bits per heavy atom. The monoisotopic (exact) mass is 317 g/mol. The molecule has 3 fully saturated rings. The van der Waals surface area contributed by atoms with Gasteiger partial charge in [-0.2, -0.15) is 0 Å². The summed E-state index contributed by atoms with van der Waals surface area (Å²) in [7, 11) is 0. The van der Waals surface area contributed by atoms with Crippen molar-refractivity contribution >= 4 is 11.6 Å². The van der Waals surface area contributed by atoms with Gasteiger partial charge in [0, 0.05) is 38.8 Å². The fourth-order valence-electron chi connectivity index (χ4n) is 4.37. The number of halogens is 1. The third-order valence-corrected chi connectivity index (χ3v) is 5.72. The number of fused-ring (bicyclic) bond motifs is 1. The molecule has 124 valence electrons. The van der Waals surface area contributed by atoms with Gasteiger partial charge in [0.15, 0.2) is 0 Å². The van der Waals surface area contributed by atoms with Crippen molar-refractivity contribution in [3.63, 3.8) is 0 Å². The molecular weight excluding hydrogens is 293 g/mol. The first-order valence-corrected chi connectivity index (χ1v) is 8.73. The Bertz CT molecular complexity index is 585. The molecule has 2 saturated heterocycles. The second kappa shape index (κ2) is 6.11. The van der Waals surface area contributed by atoms with Crippen LogP contribution < -0.4 is 4.90 Å². The Morgan fingerprint density at radius 1 is 1.13 bits per heavy atom. The van der Waals surface area contributed by atoms with Gasteiger partial charge in [-0.15, -0.1) is 0 Å². The summed E-state index contributed by atoms with van der Waals surface area (Å²) in [6, 6.07) is 7.54. The maximum atomic E-state index is 13.9. The molecule has 1 aliphatic carbocycles. The summed E-state index contributed by atoms with van der Waals surface area (Å²) in [5.41, 5.74) is 0.649. The number of para-hydroxylation sites is 1. The van der Waals surface area contributed by atoms with Gasteiger partial charge < -0.3 is 9.80 Å². The van der Waals surface area contributed by atoms with Crippen LogP contribution in [0.5, 0.6) is 0 Å². The first kappa shape index (κ1) is 14.9. The minimum absolute atomic E-state index is 0.180. The summed E-state index contributed by atoms with van der Waals surface area (Å²) in [6.07, 6.45) is 3.93. The third kappa shape index (κ3) is 2.82. The van der Waals surface area contributed by atoms with Gasteiger partial charge in [0.2, 0.25) is 5.91 Å². The number of hydrogen-bond acceptors (Lipinski definition) is 3. The highest BCUT2D eigenvalue weighted by molar-refractivity contribution is 5.78. The molecule has 1 amide bonds. The van der Waals surface area contributed by atoms with Crippen molar-refractivity contribution < 1.29 is 9.18 Å². The molecule has 0 spiro atoms. The molecule has 23 heavy (non-hydrogen) atoms. The summed E-state index contributed by atoms with van der Waals surface area (Å²) < 4.78 is 13.9. The zero-order valence-electron chi connectivity index (χ0n) is 13.5. The zero-order chi connectivity index (χ0) is 15.8. The number of carbonyl (C=O) groups excluding carboxylic acids is 1. The summed E-state index contributed by atoms with van der Waals surface area (Å²) in [5.74, 6) is 0.907. The van der Waals surface area contributed by atoms with Crippen molar-refractivity contribution in [1.29, 1.82) is 0 Å². The van der Waals surface area contributed by atoms with Gasteiger partial charge >= 0.3 is 0 Å². The fraction of sp³-hybridized carbons (Fsp3) is 0.611. The maximum Gasteiger partial charge on any atom is 0.236 e. The van der Waals surface area contributed by atoms with E-state index in [1.807, 2.05) is 21.9 Å². The summed E-state index contributed by atoms with van der Waals surface area (Å²) >= 11 is 0. The Labute approximate surface area is 136 Å². The smallest absolute Gasteiger partial charge is 0.236 e. The summed E-state index contributed by atoms with van der Waals surface area (Å²) in [5, 5.41) is 0. The van der Waals surface area contributed by atoms with Crippen LogP contribution in [0.3, 0.4) is 0 Å². The van der Waals surface area contributed by atoms with Crippen LogP contribution in [0, 0.1) is 11.7 Å². The lowest BCUT2D eigenvalue weighted by molar-refractivity contribution is -0.135. The van der Waals surface area contributed by atoms with Crippen LogP contribution in [0.15, 0.2) is 24.3 Å². The zero-order valence-corrected chi connectivity index (χ0v) is 13.5. The van der Waals surface area contributed by atoms with Crippen molar-refractivity contribution in [1.82, 2.24) is 9.80 Å². The molecule has 0 radical (unpaired) electrons. The SMILES string of the molecule is O=C(CN1CC2CCCC21)N1CCN(c2ccccc2F)CC1. The Morgan fingerprint density at radius 2 is 1.91 bits per heavy atom. The van der Waals surface area contributed by atoms with Crippen LogP contribution in [-0.4, -0.2) is 61.0 Å². The van der Waals surface area contributed by atoms with Crippen LogP contribution >= 0.6 is 0 Å². The molecule has 0 aromatic heterocycles. The molecule has 1 saturated carbocycles. The molecule has 2 unspecified atom stereocenters. The molecular formula is C18H24FN3O. The van der Waals surface area contributed by atoms with E-state index in [-0.39, 0.29) is 11.7 Å². The van der Waals surface area contributed by atoms with Gasteiger partial charge in [-0.3, -0.25) is 9.69 Å². The first-order valence-electron chi connectivity index (χ1n) is 8.73. The highest BCUT2D eigenvalue weighted by Crippen LogP contribution is 2.38. The molecule has 0 bridgehead atoms. The number of hydrogen-bond donors (Lipinski definition) is 0. The lowest BCUT2D eigenvalue weighted by atomic mass is 9.92. The van der Waals surface area contributed by atoms with Crippen molar-refractivity contribution in [2.75, 3.05) is 44.2 Å². The van der Waals surface area contributed by atoms with Crippen LogP contribution in [0.25, 0.3) is 0 Å². The number of nitrogens with zero attached hydrogens (tertiary/aromatic N) is 3. The molecule has 1 aromatic carbocycles. The molecule has 1 aromatic rings. The maximum absolute atomic E-state index is 13.9. The highest BCUT2D eigenvalue weighted by Gasteiger charge is 2.42. The molecule has 2 atom stereocenters. The van der Waals surface area contributed by atoms with Crippen LogP contribution in [0.1, 0.15) is 19.3 Å². The number of likely N-dealkylation sites (tertiary alicyclic amines) is 1. The molecule has 0 N–H and O–H groups in total. The lowest BCUT2D eigenvalue weighted by Crippen LogP contribution is -2.58. The van der Waals surface area contributed by atoms with E-state index in [0.717, 1.165) is 12.5 Å². The predicted molar refractivity (Wildman–Crippen MR) is 87.9 cm³/mol. The van der Waals surface area contributed by atoms with Crippen LogP contribution in [0.2, 0.25) is 0 Å². The largest absolute Gasteiger partial charge is 0.366 e.